The second-order valence-corrected chi connectivity index (χ2v) is 6.28. The van der Waals surface area contributed by atoms with Crippen molar-refractivity contribution < 1.29 is 5.11 Å². The van der Waals surface area contributed by atoms with E-state index in [1.54, 1.807) is 0 Å². The van der Waals surface area contributed by atoms with Crippen LogP contribution >= 0.6 is 0 Å². The van der Waals surface area contributed by atoms with E-state index in [0.29, 0.717) is 0 Å². The molecule has 1 nitrogen and oxygen atoms in total. The van der Waals surface area contributed by atoms with E-state index in [4.69, 9.17) is 0 Å². The van der Waals surface area contributed by atoms with Gasteiger partial charge in [0.2, 0.25) is 0 Å². The highest BCUT2D eigenvalue weighted by Gasteiger charge is 2.16. The molecule has 0 radical (unpaired) electrons. The van der Waals surface area contributed by atoms with Gasteiger partial charge in [-0.25, -0.2) is 0 Å². The van der Waals surface area contributed by atoms with Gasteiger partial charge in [-0.1, -0.05) is 79.1 Å². The maximum atomic E-state index is 10.2. The molecule has 0 rings (SSSR count). The summed E-state index contributed by atoms with van der Waals surface area (Å²) in [7, 11) is 0. The Balaban J connectivity index is 3.76. The zero-order valence-corrected chi connectivity index (χ0v) is 14.0. The quantitative estimate of drug-likeness (QED) is 0.410. The maximum absolute atomic E-state index is 10.2. The van der Waals surface area contributed by atoms with Gasteiger partial charge in [0.05, 0.1) is 6.10 Å². The molecular formula is C18H38O. The molecule has 0 spiro atoms. The third-order valence-corrected chi connectivity index (χ3v) is 4.65. The molecule has 116 valence electrons. The lowest BCUT2D eigenvalue weighted by Crippen LogP contribution is -2.16. The van der Waals surface area contributed by atoms with Crippen LogP contribution in [0.5, 0.6) is 0 Å². The zero-order chi connectivity index (χ0) is 14.5. The fourth-order valence-electron chi connectivity index (χ4n) is 3.01. The number of aliphatic hydroxyl groups excluding tert-OH is 1. The molecule has 0 aromatic heterocycles. The van der Waals surface area contributed by atoms with Crippen LogP contribution in [-0.2, 0) is 0 Å². The van der Waals surface area contributed by atoms with Crippen molar-refractivity contribution in [2.75, 3.05) is 0 Å². The summed E-state index contributed by atoms with van der Waals surface area (Å²) in [5, 5.41) is 10.2. The van der Waals surface area contributed by atoms with Gasteiger partial charge in [-0.05, 0) is 31.1 Å². The largest absolute Gasteiger partial charge is 0.393 e. The lowest BCUT2D eigenvalue weighted by atomic mass is 9.85. The third kappa shape index (κ3) is 10.4. The average molecular weight is 271 g/mol. The van der Waals surface area contributed by atoms with E-state index >= 15 is 0 Å². The summed E-state index contributed by atoms with van der Waals surface area (Å²) >= 11 is 0. The fourth-order valence-corrected chi connectivity index (χ4v) is 3.01. The molecule has 0 aliphatic heterocycles. The molecule has 0 saturated carbocycles. The minimum atomic E-state index is -0.0547. The number of hydrogen-bond acceptors (Lipinski definition) is 1. The SMILES string of the molecule is CCCCCCCC(O)CC(CC)CC(CC)CC. The first kappa shape index (κ1) is 19.0. The monoisotopic (exact) mass is 270 g/mol. The number of hydrogen-bond donors (Lipinski definition) is 1. The minimum Gasteiger partial charge on any atom is -0.393 e. The highest BCUT2D eigenvalue weighted by molar-refractivity contribution is 4.68. The molecule has 0 aromatic rings. The van der Waals surface area contributed by atoms with Crippen molar-refractivity contribution in [3.63, 3.8) is 0 Å². The molecule has 0 fully saturated rings. The second-order valence-electron chi connectivity index (χ2n) is 6.28. The van der Waals surface area contributed by atoms with Gasteiger partial charge >= 0.3 is 0 Å². The van der Waals surface area contributed by atoms with Gasteiger partial charge < -0.3 is 5.11 Å². The van der Waals surface area contributed by atoms with Crippen molar-refractivity contribution in [1.29, 1.82) is 0 Å². The van der Waals surface area contributed by atoms with Crippen LogP contribution in [0.25, 0.3) is 0 Å². The molecular weight excluding hydrogens is 232 g/mol. The maximum Gasteiger partial charge on any atom is 0.0542 e. The number of aliphatic hydroxyl groups is 1. The van der Waals surface area contributed by atoms with Gasteiger partial charge in [0.1, 0.15) is 0 Å². The van der Waals surface area contributed by atoms with Crippen LogP contribution in [0.15, 0.2) is 0 Å². The predicted octanol–water partition coefficient (Wildman–Crippen LogP) is 5.95. The Morgan fingerprint density at radius 1 is 0.684 bits per heavy atom. The van der Waals surface area contributed by atoms with Crippen LogP contribution in [0.3, 0.4) is 0 Å². The summed E-state index contributed by atoms with van der Waals surface area (Å²) in [5.74, 6) is 1.59. The van der Waals surface area contributed by atoms with E-state index in [-0.39, 0.29) is 6.10 Å². The molecule has 0 aliphatic carbocycles. The normalized spacial score (nSPS) is 14.8. The van der Waals surface area contributed by atoms with Crippen LogP contribution in [0, 0.1) is 11.8 Å². The molecule has 0 aromatic carbocycles. The standard InChI is InChI=1S/C18H38O/c1-5-9-10-11-12-13-18(19)15-17(8-4)14-16(6-2)7-3/h16-19H,5-15H2,1-4H3. The smallest absolute Gasteiger partial charge is 0.0542 e. The van der Waals surface area contributed by atoms with Gasteiger partial charge in [0.15, 0.2) is 0 Å². The van der Waals surface area contributed by atoms with Crippen molar-refractivity contribution >= 4 is 0 Å². The summed E-state index contributed by atoms with van der Waals surface area (Å²) in [6, 6.07) is 0. The van der Waals surface area contributed by atoms with E-state index in [0.717, 1.165) is 24.7 Å². The Morgan fingerprint density at radius 2 is 1.26 bits per heavy atom. The molecule has 19 heavy (non-hydrogen) atoms. The van der Waals surface area contributed by atoms with Crippen molar-refractivity contribution in [3.8, 4) is 0 Å². The Bertz CT molecular complexity index is 175. The Morgan fingerprint density at radius 3 is 1.79 bits per heavy atom. The summed E-state index contributed by atoms with van der Waals surface area (Å²) < 4.78 is 0. The molecule has 2 atom stereocenters. The van der Waals surface area contributed by atoms with Crippen LogP contribution in [0.2, 0.25) is 0 Å². The lowest BCUT2D eigenvalue weighted by Gasteiger charge is -2.23. The first-order chi connectivity index (χ1) is 9.17. The second kappa shape index (κ2) is 13.0. The third-order valence-electron chi connectivity index (χ3n) is 4.65. The molecule has 0 heterocycles. The van der Waals surface area contributed by atoms with Crippen LogP contribution in [0.1, 0.15) is 98.3 Å². The van der Waals surface area contributed by atoms with E-state index in [2.05, 4.69) is 27.7 Å². The molecule has 2 unspecified atom stereocenters. The first-order valence-corrected chi connectivity index (χ1v) is 8.85. The van der Waals surface area contributed by atoms with E-state index in [1.165, 1.54) is 57.8 Å². The molecule has 0 amide bonds. The van der Waals surface area contributed by atoms with Gasteiger partial charge in [-0.2, -0.15) is 0 Å². The Labute approximate surface area is 122 Å². The lowest BCUT2D eigenvalue weighted by molar-refractivity contribution is 0.120. The Kier molecular flexibility index (Phi) is 12.9. The number of unbranched alkanes of at least 4 members (excludes halogenated alkanes) is 4. The predicted molar refractivity (Wildman–Crippen MR) is 86.5 cm³/mol. The fraction of sp³-hybridized carbons (Fsp3) is 1.00. The van der Waals surface area contributed by atoms with Crippen molar-refractivity contribution in [2.45, 2.75) is 104 Å². The van der Waals surface area contributed by atoms with E-state index in [1.807, 2.05) is 0 Å². The van der Waals surface area contributed by atoms with Crippen LogP contribution in [0.4, 0.5) is 0 Å². The molecule has 1 N–H and O–H groups in total. The molecule has 0 bridgehead atoms. The van der Waals surface area contributed by atoms with Crippen molar-refractivity contribution in [1.82, 2.24) is 0 Å². The molecule has 1 heteroatoms. The molecule has 0 saturated heterocycles. The van der Waals surface area contributed by atoms with Gasteiger partial charge in [0.25, 0.3) is 0 Å². The van der Waals surface area contributed by atoms with E-state index in [9.17, 15) is 5.11 Å². The Hall–Kier alpha value is -0.0400. The highest BCUT2D eigenvalue weighted by Crippen LogP contribution is 2.26. The molecule has 0 aliphatic rings. The summed E-state index contributed by atoms with van der Waals surface area (Å²) in [5.41, 5.74) is 0. The van der Waals surface area contributed by atoms with Crippen LogP contribution in [-0.4, -0.2) is 11.2 Å². The highest BCUT2D eigenvalue weighted by atomic mass is 16.3. The minimum absolute atomic E-state index is 0.0547. The van der Waals surface area contributed by atoms with E-state index < -0.39 is 0 Å². The van der Waals surface area contributed by atoms with Gasteiger partial charge in [0, 0.05) is 0 Å². The summed E-state index contributed by atoms with van der Waals surface area (Å²) in [6.45, 7) is 9.12. The van der Waals surface area contributed by atoms with Crippen molar-refractivity contribution in [3.05, 3.63) is 0 Å². The van der Waals surface area contributed by atoms with Crippen LogP contribution < -0.4 is 0 Å². The van der Waals surface area contributed by atoms with Gasteiger partial charge in [-0.15, -0.1) is 0 Å². The van der Waals surface area contributed by atoms with Crippen molar-refractivity contribution in [2.24, 2.45) is 11.8 Å². The zero-order valence-electron chi connectivity index (χ0n) is 14.0. The summed E-state index contributed by atoms with van der Waals surface area (Å²) in [4.78, 5) is 0. The number of rotatable bonds is 13. The van der Waals surface area contributed by atoms with Gasteiger partial charge in [-0.3, -0.25) is 0 Å². The summed E-state index contributed by atoms with van der Waals surface area (Å²) in [6.07, 6.45) is 13.6. The first-order valence-electron chi connectivity index (χ1n) is 8.85. The topological polar surface area (TPSA) is 20.2 Å². The average Bonchev–Trinajstić information content (AvgIpc) is 2.43.